The molecule has 1 atom stereocenters. The first-order valence-corrected chi connectivity index (χ1v) is 8.58. The molecule has 2 rings (SSSR count). The Balaban J connectivity index is 2.09. The van der Waals surface area contributed by atoms with Gasteiger partial charge < -0.3 is 14.6 Å². The van der Waals surface area contributed by atoms with Gasteiger partial charge in [-0.15, -0.1) is 0 Å². The average molecular weight is 383 g/mol. The standard InChI is InChI=1S/C18H20Cl2N2O3/c1-11(2)16(21-17(23)15-5-4-8-25-15)18(24)22(3)10-12-6-7-13(19)9-14(12)20/h4-9,11,16H,10H2,1-3H3,(H,21,23)/t16-/m0/s1. The third-order valence-electron chi connectivity index (χ3n) is 3.76. The smallest absolute Gasteiger partial charge is 0.287 e. The van der Waals surface area contributed by atoms with Crippen molar-refractivity contribution in [3.8, 4) is 0 Å². The van der Waals surface area contributed by atoms with Crippen LogP contribution >= 0.6 is 23.2 Å². The zero-order valence-electron chi connectivity index (χ0n) is 14.3. The summed E-state index contributed by atoms with van der Waals surface area (Å²) < 4.78 is 5.07. The second kappa shape index (κ2) is 8.41. The molecule has 0 aliphatic rings. The molecule has 0 radical (unpaired) electrons. The number of nitrogens with zero attached hydrogens (tertiary/aromatic N) is 1. The van der Waals surface area contributed by atoms with Crippen LogP contribution in [-0.2, 0) is 11.3 Å². The molecule has 0 spiro atoms. The molecule has 2 amide bonds. The lowest BCUT2D eigenvalue weighted by Crippen LogP contribution is -2.50. The molecule has 1 aromatic heterocycles. The molecule has 0 bridgehead atoms. The summed E-state index contributed by atoms with van der Waals surface area (Å²) in [5.41, 5.74) is 0.779. The lowest BCUT2D eigenvalue weighted by Gasteiger charge is -2.27. The highest BCUT2D eigenvalue weighted by molar-refractivity contribution is 6.35. The molecule has 1 N–H and O–H groups in total. The lowest BCUT2D eigenvalue weighted by molar-refractivity contribution is -0.133. The summed E-state index contributed by atoms with van der Waals surface area (Å²) in [6.45, 7) is 4.05. The number of amides is 2. The number of rotatable bonds is 6. The maximum absolute atomic E-state index is 12.8. The summed E-state index contributed by atoms with van der Waals surface area (Å²) in [5, 5.41) is 3.76. The number of carbonyl (C=O) groups excluding carboxylic acids is 2. The molecule has 0 aliphatic heterocycles. The number of benzene rings is 1. The first kappa shape index (κ1) is 19.3. The molecular weight excluding hydrogens is 363 g/mol. The van der Waals surface area contributed by atoms with E-state index >= 15 is 0 Å². The Hall–Kier alpha value is -1.98. The van der Waals surface area contributed by atoms with E-state index in [4.69, 9.17) is 27.6 Å². The SMILES string of the molecule is CC(C)[C@H](NC(=O)c1ccco1)C(=O)N(C)Cc1ccc(Cl)cc1Cl. The van der Waals surface area contributed by atoms with Gasteiger partial charge in [0.2, 0.25) is 5.91 Å². The van der Waals surface area contributed by atoms with Crippen LogP contribution in [0.3, 0.4) is 0 Å². The second-order valence-corrected chi connectivity index (χ2v) is 6.95. The molecule has 0 fully saturated rings. The second-order valence-electron chi connectivity index (χ2n) is 6.10. The number of halogens is 2. The highest BCUT2D eigenvalue weighted by Crippen LogP contribution is 2.22. The Morgan fingerprint density at radius 3 is 2.52 bits per heavy atom. The largest absolute Gasteiger partial charge is 0.459 e. The first-order valence-electron chi connectivity index (χ1n) is 7.83. The topological polar surface area (TPSA) is 62.6 Å². The molecule has 1 heterocycles. The Morgan fingerprint density at radius 2 is 1.96 bits per heavy atom. The number of carbonyl (C=O) groups is 2. The van der Waals surface area contributed by atoms with Crippen molar-refractivity contribution in [2.75, 3.05) is 7.05 Å². The minimum Gasteiger partial charge on any atom is -0.459 e. The van der Waals surface area contributed by atoms with Gasteiger partial charge in [0.15, 0.2) is 5.76 Å². The van der Waals surface area contributed by atoms with Crippen LogP contribution in [0.4, 0.5) is 0 Å². The highest BCUT2D eigenvalue weighted by atomic mass is 35.5. The van der Waals surface area contributed by atoms with E-state index in [2.05, 4.69) is 5.32 Å². The predicted molar refractivity (Wildman–Crippen MR) is 97.7 cm³/mol. The third kappa shape index (κ3) is 5.00. The van der Waals surface area contributed by atoms with Gasteiger partial charge in [-0.05, 0) is 35.7 Å². The number of nitrogens with one attached hydrogen (secondary N) is 1. The van der Waals surface area contributed by atoms with Crippen molar-refractivity contribution in [2.45, 2.75) is 26.4 Å². The predicted octanol–water partition coefficient (Wildman–Crippen LogP) is 4.00. The quantitative estimate of drug-likeness (QED) is 0.820. The lowest BCUT2D eigenvalue weighted by atomic mass is 10.0. The van der Waals surface area contributed by atoms with Crippen molar-refractivity contribution in [3.05, 3.63) is 58.0 Å². The fourth-order valence-corrected chi connectivity index (χ4v) is 2.82. The van der Waals surface area contributed by atoms with Crippen LogP contribution in [0.15, 0.2) is 41.0 Å². The monoisotopic (exact) mass is 382 g/mol. The summed E-state index contributed by atoms with van der Waals surface area (Å²) in [7, 11) is 1.67. The van der Waals surface area contributed by atoms with Gasteiger partial charge in [0.05, 0.1) is 6.26 Å². The summed E-state index contributed by atoms with van der Waals surface area (Å²) in [5.74, 6) is -0.549. The Morgan fingerprint density at radius 1 is 1.24 bits per heavy atom. The number of hydrogen-bond acceptors (Lipinski definition) is 3. The van der Waals surface area contributed by atoms with E-state index in [1.54, 1.807) is 37.4 Å². The van der Waals surface area contributed by atoms with E-state index in [1.807, 2.05) is 13.8 Å². The van der Waals surface area contributed by atoms with E-state index in [0.29, 0.717) is 16.6 Å². The minimum absolute atomic E-state index is 0.0884. The molecule has 0 unspecified atom stereocenters. The van der Waals surface area contributed by atoms with Gasteiger partial charge in [-0.25, -0.2) is 0 Å². The van der Waals surface area contributed by atoms with Crippen molar-refractivity contribution < 1.29 is 14.0 Å². The molecule has 5 nitrogen and oxygen atoms in total. The molecule has 25 heavy (non-hydrogen) atoms. The number of furan rings is 1. The first-order chi connectivity index (χ1) is 11.8. The fourth-order valence-electron chi connectivity index (χ4n) is 2.35. The molecule has 0 saturated carbocycles. The van der Waals surface area contributed by atoms with Crippen molar-refractivity contribution >= 4 is 35.0 Å². The molecule has 2 aromatic rings. The van der Waals surface area contributed by atoms with Crippen LogP contribution in [0.1, 0.15) is 30.0 Å². The Bertz CT molecular complexity index is 745. The summed E-state index contributed by atoms with van der Waals surface area (Å²) in [6.07, 6.45) is 1.41. The van der Waals surface area contributed by atoms with Gasteiger partial charge in [-0.3, -0.25) is 9.59 Å². The number of hydrogen-bond donors (Lipinski definition) is 1. The van der Waals surface area contributed by atoms with Crippen molar-refractivity contribution in [2.24, 2.45) is 5.92 Å². The van der Waals surface area contributed by atoms with Gasteiger partial charge in [-0.1, -0.05) is 43.1 Å². The maximum Gasteiger partial charge on any atom is 0.287 e. The Labute approximate surface area is 156 Å². The van der Waals surface area contributed by atoms with E-state index in [9.17, 15) is 9.59 Å². The van der Waals surface area contributed by atoms with Crippen LogP contribution < -0.4 is 5.32 Å². The van der Waals surface area contributed by atoms with E-state index in [0.717, 1.165) is 5.56 Å². The van der Waals surface area contributed by atoms with Crippen molar-refractivity contribution in [3.63, 3.8) is 0 Å². The van der Waals surface area contributed by atoms with Crippen LogP contribution in [0, 0.1) is 5.92 Å². The Kier molecular flexibility index (Phi) is 6.51. The van der Waals surface area contributed by atoms with Gasteiger partial charge in [-0.2, -0.15) is 0 Å². The summed E-state index contributed by atoms with van der Waals surface area (Å²) in [6, 6.07) is 7.63. The molecule has 0 aliphatic carbocycles. The third-order valence-corrected chi connectivity index (χ3v) is 4.35. The van der Waals surface area contributed by atoms with Crippen molar-refractivity contribution in [1.82, 2.24) is 10.2 Å². The average Bonchev–Trinajstić information content (AvgIpc) is 3.08. The molecule has 7 heteroatoms. The van der Waals surface area contributed by atoms with Gasteiger partial charge in [0.1, 0.15) is 6.04 Å². The van der Waals surface area contributed by atoms with Gasteiger partial charge in [0, 0.05) is 23.6 Å². The van der Waals surface area contributed by atoms with Crippen LogP contribution in [-0.4, -0.2) is 29.8 Å². The number of likely N-dealkylation sites (N-methyl/N-ethyl adjacent to an activating group) is 1. The zero-order valence-corrected chi connectivity index (χ0v) is 15.8. The fraction of sp³-hybridized carbons (Fsp3) is 0.333. The van der Waals surface area contributed by atoms with Crippen molar-refractivity contribution in [1.29, 1.82) is 0 Å². The van der Waals surface area contributed by atoms with Gasteiger partial charge >= 0.3 is 0 Å². The normalized spacial score (nSPS) is 12.1. The molecule has 1 aromatic carbocycles. The highest BCUT2D eigenvalue weighted by Gasteiger charge is 2.28. The van der Waals surface area contributed by atoms with Gasteiger partial charge in [0.25, 0.3) is 5.91 Å². The van der Waals surface area contributed by atoms with Crippen LogP contribution in [0.2, 0.25) is 10.0 Å². The molecule has 134 valence electrons. The minimum atomic E-state index is -0.673. The van der Waals surface area contributed by atoms with Crippen LogP contribution in [0.5, 0.6) is 0 Å². The zero-order chi connectivity index (χ0) is 18.6. The molecule has 0 saturated heterocycles. The molecular formula is C18H20Cl2N2O3. The van der Waals surface area contributed by atoms with E-state index < -0.39 is 11.9 Å². The van der Waals surface area contributed by atoms with Crippen LogP contribution in [0.25, 0.3) is 0 Å². The van der Waals surface area contributed by atoms with E-state index in [1.165, 1.54) is 11.2 Å². The van der Waals surface area contributed by atoms with E-state index in [-0.39, 0.29) is 17.6 Å². The summed E-state index contributed by atoms with van der Waals surface area (Å²) in [4.78, 5) is 26.5. The summed E-state index contributed by atoms with van der Waals surface area (Å²) >= 11 is 12.1. The maximum atomic E-state index is 12.8.